The van der Waals surface area contributed by atoms with E-state index in [1.54, 1.807) is 0 Å². The average molecular weight is 2060 g/mol. The average Bonchev–Trinajstić information content (AvgIpc) is 0.677. The van der Waals surface area contributed by atoms with Crippen LogP contribution < -0.4 is 0 Å². The van der Waals surface area contributed by atoms with E-state index in [9.17, 15) is 0 Å². The maximum atomic E-state index is 6.36. The first-order valence-corrected chi connectivity index (χ1v) is 60.2. The molecule has 17 rings (SSSR count). The van der Waals surface area contributed by atoms with Gasteiger partial charge in [-0.2, -0.15) is 0 Å². The molecule has 0 saturated heterocycles. The smallest absolute Gasteiger partial charge is 0.179 e. The fourth-order valence-electron chi connectivity index (χ4n) is 12.8. The van der Waals surface area contributed by atoms with Gasteiger partial charge in [0.2, 0.25) is 0 Å². The first-order chi connectivity index (χ1) is 44.3. The summed E-state index contributed by atoms with van der Waals surface area (Å²) < 4.78 is 0. The summed E-state index contributed by atoms with van der Waals surface area (Å²) in [5.74, 6) is 0. The SMILES string of the molecule is [I][V]([I])[I].[I][V][I].[I][V][I].c1ccc(-c2c3ccccc3c(-c3ccccc3)c3ccccc23)cc1.c1ccc(-c2c3ccccc3c(-c3ccccc3)c3ccccc23)cc1.c1ccc(C23OOC(c4ccccc4)(c4ccccc42)c2ccccc23)cc1. The summed E-state index contributed by atoms with van der Waals surface area (Å²) in [4.78, 5) is 12.4. The molecule has 14 aromatic carbocycles. The Kier molecular flexibility index (Phi) is 25.4. The Bertz CT molecular complexity index is 4000. The van der Waals surface area contributed by atoms with Gasteiger partial charge in [0.25, 0.3) is 0 Å². The van der Waals surface area contributed by atoms with Crippen LogP contribution in [-0.2, 0) is 44.8 Å². The molecule has 2 heterocycles. The second-order valence-electron chi connectivity index (χ2n) is 20.8. The van der Waals surface area contributed by atoms with Gasteiger partial charge >= 0.3 is 164 Å². The Morgan fingerprint density at radius 2 is 0.367 bits per heavy atom. The minimum Gasteiger partial charge on any atom is -0.214 e. The van der Waals surface area contributed by atoms with Crippen molar-refractivity contribution in [3.05, 3.63) is 361 Å². The van der Waals surface area contributed by atoms with Crippen molar-refractivity contribution in [2.75, 3.05) is 0 Å². The van der Waals surface area contributed by atoms with Crippen molar-refractivity contribution in [3.8, 4) is 44.5 Å². The minimum absolute atomic E-state index is 0.278. The van der Waals surface area contributed by atoms with E-state index in [0.717, 1.165) is 33.4 Å². The fraction of sp³-hybridized carbons (Fsp3) is 0.0256. The van der Waals surface area contributed by atoms with Crippen LogP contribution in [0.25, 0.3) is 87.6 Å². The van der Waals surface area contributed by atoms with Crippen LogP contribution in [0.15, 0.2) is 328 Å². The van der Waals surface area contributed by atoms with Crippen molar-refractivity contribution >= 4 is 183 Å². The van der Waals surface area contributed by atoms with Crippen molar-refractivity contribution in [1.82, 2.24) is 0 Å². The second-order valence-corrected chi connectivity index (χ2v) is 79.8. The molecule has 442 valence electrons. The maximum Gasteiger partial charge on any atom is 0.179 e. The molecular formula is C78H54I7O2V3. The van der Waals surface area contributed by atoms with Gasteiger partial charge in [-0.1, -0.05) is 328 Å². The van der Waals surface area contributed by atoms with Crippen molar-refractivity contribution in [1.29, 1.82) is 0 Å². The van der Waals surface area contributed by atoms with Gasteiger partial charge in [0.15, 0.2) is 11.2 Å². The van der Waals surface area contributed by atoms with E-state index in [2.05, 4.69) is 431 Å². The molecule has 14 aromatic rings. The number of hydrogen-bond donors (Lipinski definition) is 0. The zero-order valence-electron chi connectivity index (χ0n) is 48.0. The van der Waals surface area contributed by atoms with Crippen molar-refractivity contribution in [2.24, 2.45) is 0 Å². The molecule has 0 N–H and O–H groups in total. The fourth-order valence-corrected chi connectivity index (χ4v) is 12.8. The molecule has 90 heavy (non-hydrogen) atoms. The van der Waals surface area contributed by atoms with E-state index in [-0.39, 0.29) is 4.92 Å². The zero-order valence-corrected chi connectivity index (χ0v) is 67.3. The van der Waals surface area contributed by atoms with Gasteiger partial charge in [-0.25, -0.2) is 9.78 Å². The van der Waals surface area contributed by atoms with E-state index in [4.69, 9.17) is 9.78 Å². The standard InChI is InChI=1S/C26H18O2.2C26H18.7HI.3V/c1-3-11-19(12-4-1)25-21-15-7-9-17-23(21)26(28-27-25,20-13-5-2-6-14-20)24-18-10-8-16-22(24)25;2*1-3-11-19(12-4-1)25-21-15-7-9-17-23(21)26(20-13-5-2-6-14-20)24-18-10-8-16-22(24)25;;;;;;;;;;/h1-18H;2*1-18H;7*1H;;;/q;;;;;;;;;;2*+2;+3/p-7. The zero-order chi connectivity index (χ0) is 62.3. The Morgan fingerprint density at radius 1 is 0.222 bits per heavy atom. The predicted octanol–water partition coefficient (Wildman–Crippen LogP) is 26.4. The van der Waals surface area contributed by atoms with Crippen LogP contribution in [0.2, 0.25) is 0 Å². The van der Waals surface area contributed by atoms with Crippen molar-refractivity contribution in [2.45, 2.75) is 11.2 Å². The normalized spacial score (nSPS) is 14.7. The summed E-state index contributed by atoms with van der Waals surface area (Å²) in [5, 5.41) is 10.4. The Hall–Kier alpha value is -3.10. The van der Waals surface area contributed by atoms with Crippen LogP contribution in [0.5, 0.6) is 0 Å². The molecule has 3 aliphatic rings. The molecular weight excluding hydrogens is 2010 g/mol. The van der Waals surface area contributed by atoms with Gasteiger partial charge < -0.3 is 0 Å². The van der Waals surface area contributed by atoms with Gasteiger partial charge in [-0.05, 0) is 98.7 Å². The number of rotatable bonds is 6. The number of halogens is 7. The molecule has 12 heteroatoms. The van der Waals surface area contributed by atoms with Crippen LogP contribution in [0, 0.1) is 0 Å². The summed E-state index contributed by atoms with van der Waals surface area (Å²) >= 11 is 16.9. The van der Waals surface area contributed by atoms with Crippen molar-refractivity contribution < 1.29 is 33.6 Å². The Morgan fingerprint density at radius 3 is 0.544 bits per heavy atom. The van der Waals surface area contributed by atoms with E-state index in [0.29, 0.717) is 18.9 Å². The molecule has 2 nitrogen and oxygen atoms in total. The topological polar surface area (TPSA) is 18.5 Å². The van der Waals surface area contributed by atoms with Gasteiger partial charge in [0.05, 0.1) is 0 Å². The molecule has 0 spiro atoms. The summed E-state index contributed by atoms with van der Waals surface area (Å²) in [7, 11) is 1.25. The first kappa shape index (κ1) is 68.3. The summed E-state index contributed by atoms with van der Waals surface area (Å²) in [6.45, 7) is 0. The minimum atomic E-state index is -0.773. The number of benzene rings is 14. The molecule has 0 amide bonds. The predicted molar refractivity (Wildman–Crippen MR) is 430 cm³/mol. The van der Waals surface area contributed by atoms with Crippen molar-refractivity contribution in [3.63, 3.8) is 0 Å². The van der Waals surface area contributed by atoms with Crippen LogP contribution in [0.4, 0.5) is 0 Å². The third kappa shape index (κ3) is 14.7. The van der Waals surface area contributed by atoms with E-state index in [1.807, 2.05) is 36.4 Å². The van der Waals surface area contributed by atoms with Crippen LogP contribution in [-0.4, -0.2) is 0 Å². The first-order valence-electron chi connectivity index (χ1n) is 28.7. The van der Waals surface area contributed by atoms with Crippen LogP contribution in [0.1, 0.15) is 33.4 Å². The second kappa shape index (κ2) is 33.5. The van der Waals surface area contributed by atoms with Crippen LogP contribution in [0.3, 0.4) is 0 Å². The van der Waals surface area contributed by atoms with E-state index in [1.165, 1.54) is 87.6 Å². The van der Waals surface area contributed by atoms with E-state index >= 15 is 0 Å². The largest absolute Gasteiger partial charge is 0.214 e. The summed E-state index contributed by atoms with van der Waals surface area (Å²) in [5.41, 5.74) is 15.4. The molecule has 1 aliphatic carbocycles. The third-order valence-corrected chi connectivity index (χ3v) is 16.1. The molecule has 0 radical (unpaired) electrons. The molecule has 0 unspecified atom stereocenters. The molecule has 0 saturated carbocycles. The molecule has 2 aliphatic heterocycles. The molecule has 0 fully saturated rings. The monoisotopic (exact) mass is 2060 g/mol. The van der Waals surface area contributed by atoms with Gasteiger partial charge in [-0.15, -0.1) is 0 Å². The number of fused-ring (bicyclic) bond motifs is 5. The Balaban J connectivity index is 0.000000129. The number of hydrogen-bond acceptors (Lipinski definition) is 2. The van der Waals surface area contributed by atoms with E-state index < -0.39 is 11.2 Å². The third-order valence-electron chi connectivity index (χ3n) is 16.1. The Labute approximate surface area is 623 Å². The van der Waals surface area contributed by atoms with Crippen LogP contribution >= 0.6 is 140 Å². The molecule has 0 atom stereocenters. The van der Waals surface area contributed by atoms with Gasteiger partial charge in [-0.3, -0.25) is 0 Å². The summed E-state index contributed by atoms with van der Waals surface area (Å²) in [6.07, 6.45) is 0. The van der Waals surface area contributed by atoms with Gasteiger partial charge in [0, 0.05) is 22.3 Å². The quantitative estimate of drug-likeness (QED) is 0.0938. The maximum absolute atomic E-state index is 6.36. The summed E-state index contributed by atoms with van der Waals surface area (Å²) in [6, 6.07) is 116. The molecule has 0 aromatic heterocycles. The molecule has 2 bridgehead atoms. The van der Waals surface area contributed by atoms with Gasteiger partial charge in [0.1, 0.15) is 0 Å².